The molecule has 6 N–H and O–H groups in total. The summed E-state index contributed by atoms with van der Waals surface area (Å²) in [4.78, 5) is 104. The highest BCUT2D eigenvalue weighted by Crippen LogP contribution is 2.43. The van der Waals surface area contributed by atoms with Gasteiger partial charge in [-0.2, -0.15) is 0 Å². The molecule has 0 amide bonds. The Labute approximate surface area is 689 Å². The molecule has 0 aliphatic carbocycles. The second-order valence-corrected chi connectivity index (χ2v) is 31.2. The van der Waals surface area contributed by atoms with Crippen LogP contribution in [0.3, 0.4) is 0 Å². The van der Waals surface area contributed by atoms with E-state index in [-0.39, 0.29) is 124 Å². The van der Waals surface area contributed by atoms with Crippen molar-refractivity contribution in [1.29, 1.82) is 0 Å². The smallest absolute Gasteiger partial charge is 0.338 e. The number of ether oxygens (including phenoxy) is 6. The van der Waals surface area contributed by atoms with Crippen LogP contribution in [0.2, 0.25) is 10.0 Å². The van der Waals surface area contributed by atoms with Gasteiger partial charge in [0, 0.05) is 121 Å². The molecule has 3 aromatic heterocycles. The van der Waals surface area contributed by atoms with Crippen molar-refractivity contribution in [3.63, 3.8) is 0 Å². The topological polar surface area (TPSA) is 340 Å². The molecule has 0 bridgehead atoms. The van der Waals surface area contributed by atoms with E-state index in [9.17, 15) is 41.9 Å². The van der Waals surface area contributed by atoms with E-state index >= 15 is 22.0 Å². The standard InChI is InChI=1S/C25H26BrF3N4O5S.C25H26ClF3N4O5S.C25H27ClF2N4O5S/c2*1-2-38-24(36)20-18(10-33-7-5-14(25(28,29)13-33)11-37-12-19(34)35)31-22(23-30-6-8-39-23)32-21(20)16-4-3-15(27)9-17(16)26;1-2-37-25(35)21-19(11-32-7-5-14(18(28)10-32)12-36-13-20(33)34)30-23(24-29-6-8-38-24)31-22(21)16-4-3-15(27)9-17(16)26/h2*3-4,6,8-9,14,21H,2,5,7,10-13H2,1H3,(H,31,32)(H,34,35);3-4,6,8-9,14,18,22H,2,5,7,10-13H2,1H3,(H,30,31)(H,33,34)/t2*14?,21-;14?,18?,22-/m000/s1. The average molecular weight is 1790 g/mol. The second-order valence-electron chi connectivity index (χ2n) is 26.8. The Hall–Kier alpha value is -8.74. The molecule has 0 radical (unpaired) electrons. The van der Waals surface area contributed by atoms with Crippen LogP contribution in [-0.2, 0) is 57.2 Å². The quantitative estimate of drug-likeness (QED) is 0.0139. The Morgan fingerprint density at radius 1 is 0.517 bits per heavy atom. The van der Waals surface area contributed by atoms with Gasteiger partial charge in [0.1, 0.15) is 61.6 Å². The number of amidine groups is 3. The molecule has 6 aliphatic heterocycles. The van der Waals surface area contributed by atoms with Crippen molar-refractivity contribution < 1.29 is 108 Å². The molecule has 3 fully saturated rings. The Kier molecular flexibility index (Phi) is 32.1. The van der Waals surface area contributed by atoms with Gasteiger partial charge < -0.3 is 59.7 Å². The summed E-state index contributed by atoms with van der Waals surface area (Å²) >= 11 is 20.1. The minimum absolute atomic E-state index is 0.0162. The normalized spacial score (nSPS) is 21.6. The molecular formula is C75H79BrCl2F8N12O15S3. The van der Waals surface area contributed by atoms with E-state index < -0.39 is 140 Å². The zero-order valence-corrected chi connectivity index (χ0v) is 67.7. The van der Waals surface area contributed by atoms with Crippen molar-refractivity contribution in [1.82, 2.24) is 45.6 Å². The third kappa shape index (κ3) is 23.8. The number of hydrogen-bond acceptors (Lipinski definition) is 27. The summed E-state index contributed by atoms with van der Waals surface area (Å²) in [5.41, 5.74) is 2.72. The van der Waals surface area contributed by atoms with Crippen LogP contribution in [0.1, 0.15) is 89.9 Å². The predicted octanol–water partition coefficient (Wildman–Crippen LogP) is 11.5. The summed E-state index contributed by atoms with van der Waals surface area (Å²) in [5, 5.41) is 42.6. The fourth-order valence-electron chi connectivity index (χ4n) is 13.4. The van der Waals surface area contributed by atoms with Crippen LogP contribution in [0.15, 0.2) is 143 Å². The number of nitrogens with one attached hydrogen (secondary N) is 3. The maximum Gasteiger partial charge on any atom is 0.338 e. The molecule has 624 valence electrons. The fraction of sp³-hybridized carbons (Fsp3) is 0.440. The van der Waals surface area contributed by atoms with Crippen molar-refractivity contribution >= 4 is 126 Å². The van der Waals surface area contributed by atoms with Gasteiger partial charge in [-0.05, 0) is 102 Å². The third-order valence-electron chi connectivity index (χ3n) is 18.7. The van der Waals surface area contributed by atoms with Crippen LogP contribution in [0, 0.1) is 35.2 Å². The zero-order valence-electron chi connectivity index (χ0n) is 62.2. The molecule has 4 unspecified atom stereocenters. The van der Waals surface area contributed by atoms with Crippen molar-refractivity contribution in [3.8, 4) is 0 Å². The van der Waals surface area contributed by atoms with Gasteiger partial charge in [0.25, 0.3) is 11.8 Å². The summed E-state index contributed by atoms with van der Waals surface area (Å²) < 4.78 is 148. The first kappa shape index (κ1) is 89.6. The number of piperidine rings is 3. The molecule has 41 heteroatoms. The number of esters is 3. The van der Waals surface area contributed by atoms with Crippen molar-refractivity contribution in [3.05, 3.63) is 187 Å². The van der Waals surface area contributed by atoms with E-state index in [1.54, 1.807) is 55.5 Å². The van der Waals surface area contributed by atoms with E-state index in [1.165, 1.54) is 86.3 Å². The molecule has 7 atom stereocenters. The van der Waals surface area contributed by atoms with Crippen molar-refractivity contribution in [2.75, 3.05) is 118 Å². The lowest BCUT2D eigenvalue weighted by Crippen LogP contribution is -2.51. The first-order chi connectivity index (χ1) is 55.4. The molecular weight excluding hydrogens is 1710 g/mol. The van der Waals surface area contributed by atoms with Crippen LogP contribution in [-0.4, -0.2) is 235 Å². The minimum atomic E-state index is -3.16. The summed E-state index contributed by atoms with van der Waals surface area (Å²) in [5.74, 6) is -15.1. The molecule has 27 nitrogen and oxygen atoms in total. The number of aliphatic carboxylic acids is 3. The van der Waals surface area contributed by atoms with Gasteiger partial charge in [-0.25, -0.2) is 78.8 Å². The summed E-state index contributed by atoms with van der Waals surface area (Å²) in [7, 11) is 0. The molecule has 3 saturated heterocycles. The van der Waals surface area contributed by atoms with E-state index in [0.29, 0.717) is 78.1 Å². The molecule has 0 saturated carbocycles. The van der Waals surface area contributed by atoms with Gasteiger partial charge in [-0.1, -0.05) is 57.3 Å². The number of carbonyl (C=O) groups excluding carboxylic acids is 3. The number of nitrogens with zero attached hydrogens (tertiary/aromatic N) is 9. The lowest BCUT2D eigenvalue weighted by Gasteiger charge is -2.39. The third-order valence-corrected chi connectivity index (χ3v) is 22.4. The second kappa shape index (κ2) is 41.6. The molecule has 3 aromatic carbocycles. The molecule has 9 heterocycles. The number of alkyl halides is 5. The van der Waals surface area contributed by atoms with Gasteiger partial charge in [-0.15, -0.1) is 34.0 Å². The lowest BCUT2D eigenvalue weighted by molar-refractivity contribution is -0.151. The van der Waals surface area contributed by atoms with Crippen LogP contribution in [0.25, 0.3) is 0 Å². The monoisotopic (exact) mass is 1780 g/mol. The maximum atomic E-state index is 15.0. The van der Waals surface area contributed by atoms with Crippen LogP contribution in [0.4, 0.5) is 35.1 Å². The molecule has 12 rings (SSSR count). The van der Waals surface area contributed by atoms with E-state index in [1.807, 2.05) is 4.90 Å². The molecule has 6 aliphatic rings. The van der Waals surface area contributed by atoms with Gasteiger partial charge >= 0.3 is 35.8 Å². The van der Waals surface area contributed by atoms with Crippen LogP contribution >= 0.6 is 73.1 Å². The molecule has 6 aromatic rings. The molecule has 116 heavy (non-hydrogen) atoms. The Bertz CT molecular complexity index is 4500. The number of carbonyl (C=O) groups is 6. The maximum absolute atomic E-state index is 15.0. The lowest BCUT2D eigenvalue weighted by atomic mass is 9.92. The number of hydrogen-bond donors (Lipinski definition) is 6. The highest BCUT2D eigenvalue weighted by atomic mass is 79.9. The minimum Gasteiger partial charge on any atom is -0.480 e. The number of likely N-dealkylation sites (tertiary alicyclic amines) is 3. The number of thiazole rings is 3. The highest BCUT2D eigenvalue weighted by Gasteiger charge is 2.48. The number of aliphatic imine (C=N–C) groups is 3. The first-order valence-electron chi connectivity index (χ1n) is 36.2. The number of aromatic nitrogens is 3. The number of rotatable bonds is 30. The number of carboxylic acid groups (broad SMARTS) is 3. The van der Waals surface area contributed by atoms with Crippen LogP contribution in [0.5, 0.6) is 0 Å². The van der Waals surface area contributed by atoms with Gasteiger partial charge in [-0.3, -0.25) is 29.7 Å². The number of benzene rings is 3. The van der Waals surface area contributed by atoms with Crippen LogP contribution < -0.4 is 16.0 Å². The zero-order chi connectivity index (χ0) is 83.5. The summed E-state index contributed by atoms with van der Waals surface area (Å²) in [6, 6.07) is 8.80. The van der Waals surface area contributed by atoms with E-state index in [2.05, 4.69) is 51.8 Å². The van der Waals surface area contributed by atoms with Gasteiger partial charge in [0.05, 0.1) is 69.5 Å². The Morgan fingerprint density at radius 3 is 1.19 bits per heavy atom. The number of halogens is 11. The highest BCUT2D eigenvalue weighted by molar-refractivity contribution is 9.10. The molecule has 0 spiro atoms. The number of carboxylic acids is 3. The first-order valence-corrected chi connectivity index (χ1v) is 40.4. The van der Waals surface area contributed by atoms with E-state index in [0.717, 1.165) is 12.1 Å². The van der Waals surface area contributed by atoms with Gasteiger partial charge in [0.2, 0.25) is 0 Å². The fourth-order valence-corrected chi connectivity index (χ4v) is 16.3. The Balaban J connectivity index is 0.000000184. The van der Waals surface area contributed by atoms with E-state index in [4.69, 9.17) is 76.9 Å². The van der Waals surface area contributed by atoms with Crippen molar-refractivity contribution in [2.45, 2.75) is 76.2 Å². The van der Waals surface area contributed by atoms with Crippen molar-refractivity contribution in [2.24, 2.45) is 32.7 Å². The summed E-state index contributed by atoms with van der Waals surface area (Å²) in [6.45, 7) is 2.57. The predicted molar refractivity (Wildman–Crippen MR) is 415 cm³/mol. The Morgan fingerprint density at radius 2 is 0.862 bits per heavy atom. The average Bonchev–Trinajstić information content (AvgIpc) is 1.09. The van der Waals surface area contributed by atoms with Gasteiger partial charge in [0.15, 0.2) is 32.5 Å². The SMILES string of the molecule is CCOC(=O)C1=C(CN2CCC(COCC(=O)O)C(F)(F)C2)NC(c2nccs2)=N[C@H]1c1ccc(F)cc1Br.CCOC(=O)C1=C(CN2CCC(COCC(=O)O)C(F)(F)C2)NC(c2nccs2)=N[C@H]1c1ccc(F)cc1Cl.CCOC(=O)C1=C(CN2CCC(COCC(=O)O)C(F)C2)NC(c2nccs2)=N[C@H]1c1ccc(F)cc1Cl. The summed E-state index contributed by atoms with van der Waals surface area (Å²) in [6.07, 6.45) is 4.11. The largest absolute Gasteiger partial charge is 0.480 e.